The SMILES string of the molecule is CCNCC1CCN(C(=O)c2ccc(NC(=O)C3CC3)cc2)CC1. The first kappa shape index (κ1) is 17.0. The van der Waals surface area contributed by atoms with Crippen molar-refractivity contribution in [1.82, 2.24) is 10.2 Å². The van der Waals surface area contributed by atoms with Crippen molar-refractivity contribution in [3.05, 3.63) is 29.8 Å². The average Bonchev–Trinajstić information content (AvgIpc) is 3.46. The van der Waals surface area contributed by atoms with Crippen LogP contribution in [0.3, 0.4) is 0 Å². The Hall–Kier alpha value is -1.88. The van der Waals surface area contributed by atoms with Gasteiger partial charge in [0.15, 0.2) is 0 Å². The predicted octanol–water partition coefficient (Wildman–Crippen LogP) is 2.50. The summed E-state index contributed by atoms with van der Waals surface area (Å²) in [5.41, 5.74) is 1.47. The fourth-order valence-electron chi connectivity index (χ4n) is 3.16. The van der Waals surface area contributed by atoms with Crippen LogP contribution in [-0.4, -0.2) is 42.9 Å². The Morgan fingerprint density at radius 3 is 2.33 bits per heavy atom. The van der Waals surface area contributed by atoms with Gasteiger partial charge in [0.25, 0.3) is 5.91 Å². The van der Waals surface area contributed by atoms with Gasteiger partial charge in [-0.3, -0.25) is 9.59 Å². The van der Waals surface area contributed by atoms with E-state index in [0.29, 0.717) is 11.5 Å². The monoisotopic (exact) mass is 329 g/mol. The first-order valence-corrected chi connectivity index (χ1v) is 9.08. The molecule has 2 aliphatic rings. The highest BCUT2D eigenvalue weighted by Gasteiger charge is 2.29. The zero-order valence-electron chi connectivity index (χ0n) is 14.4. The van der Waals surface area contributed by atoms with Crippen LogP contribution >= 0.6 is 0 Å². The lowest BCUT2D eigenvalue weighted by molar-refractivity contribution is -0.117. The number of amides is 2. The van der Waals surface area contributed by atoms with Gasteiger partial charge < -0.3 is 15.5 Å². The van der Waals surface area contributed by atoms with Crippen molar-refractivity contribution >= 4 is 17.5 Å². The summed E-state index contributed by atoms with van der Waals surface area (Å²) >= 11 is 0. The second-order valence-corrected chi connectivity index (χ2v) is 6.88. The Bertz CT molecular complexity index is 573. The topological polar surface area (TPSA) is 61.4 Å². The summed E-state index contributed by atoms with van der Waals surface area (Å²) in [6.07, 6.45) is 4.11. The predicted molar refractivity (Wildman–Crippen MR) is 95.0 cm³/mol. The smallest absolute Gasteiger partial charge is 0.253 e. The van der Waals surface area contributed by atoms with E-state index >= 15 is 0 Å². The summed E-state index contributed by atoms with van der Waals surface area (Å²) in [4.78, 5) is 26.3. The Labute approximate surface area is 143 Å². The van der Waals surface area contributed by atoms with Crippen LogP contribution in [0.1, 0.15) is 43.0 Å². The molecule has 1 aromatic rings. The van der Waals surface area contributed by atoms with Gasteiger partial charge in [-0.25, -0.2) is 0 Å². The third-order valence-electron chi connectivity index (χ3n) is 4.93. The maximum Gasteiger partial charge on any atom is 0.253 e. The number of nitrogens with one attached hydrogen (secondary N) is 2. The average molecular weight is 329 g/mol. The maximum absolute atomic E-state index is 12.6. The molecule has 1 aliphatic carbocycles. The highest BCUT2D eigenvalue weighted by molar-refractivity contribution is 5.96. The molecular weight excluding hydrogens is 302 g/mol. The van der Waals surface area contributed by atoms with Gasteiger partial charge in [0, 0.05) is 30.3 Å². The number of carbonyl (C=O) groups is 2. The van der Waals surface area contributed by atoms with Gasteiger partial charge in [0.1, 0.15) is 0 Å². The van der Waals surface area contributed by atoms with Crippen LogP contribution < -0.4 is 10.6 Å². The molecule has 5 heteroatoms. The minimum atomic E-state index is 0.0943. The van der Waals surface area contributed by atoms with Gasteiger partial charge in [-0.15, -0.1) is 0 Å². The molecule has 1 saturated heterocycles. The Morgan fingerprint density at radius 2 is 1.75 bits per heavy atom. The first-order valence-electron chi connectivity index (χ1n) is 9.08. The highest BCUT2D eigenvalue weighted by atomic mass is 16.2. The number of rotatable bonds is 6. The third kappa shape index (κ3) is 4.35. The van der Waals surface area contributed by atoms with E-state index in [4.69, 9.17) is 0 Å². The van der Waals surface area contributed by atoms with Crippen LogP contribution in [0, 0.1) is 11.8 Å². The summed E-state index contributed by atoms with van der Waals surface area (Å²) in [5, 5.41) is 6.29. The van der Waals surface area contributed by atoms with Gasteiger partial charge in [-0.05, 0) is 69.0 Å². The fourth-order valence-corrected chi connectivity index (χ4v) is 3.16. The van der Waals surface area contributed by atoms with Crippen molar-refractivity contribution < 1.29 is 9.59 Å². The summed E-state index contributed by atoms with van der Waals surface area (Å²) in [6, 6.07) is 7.28. The Kier molecular flexibility index (Phi) is 5.51. The molecular formula is C19H27N3O2. The van der Waals surface area contributed by atoms with Crippen molar-refractivity contribution in [2.75, 3.05) is 31.5 Å². The van der Waals surface area contributed by atoms with Crippen molar-refractivity contribution in [1.29, 1.82) is 0 Å². The minimum absolute atomic E-state index is 0.0943. The van der Waals surface area contributed by atoms with E-state index in [1.165, 1.54) is 0 Å². The minimum Gasteiger partial charge on any atom is -0.339 e. The molecule has 2 amide bonds. The second kappa shape index (κ2) is 7.79. The van der Waals surface area contributed by atoms with Crippen molar-refractivity contribution in [2.45, 2.75) is 32.6 Å². The molecule has 0 bridgehead atoms. The Balaban J connectivity index is 1.50. The molecule has 1 saturated carbocycles. The number of hydrogen-bond donors (Lipinski definition) is 2. The second-order valence-electron chi connectivity index (χ2n) is 6.88. The van der Waals surface area contributed by atoms with Gasteiger partial charge >= 0.3 is 0 Å². The fraction of sp³-hybridized carbons (Fsp3) is 0.579. The van der Waals surface area contributed by atoms with Crippen molar-refractivity contribution in [3.63, 3.8) is 0 Å². The quantitative estimate of drug-likeness (QED) is 0.843. The number of nitrogens with zero attached hydrogens (tertiary/aromatic N) is 1. The standard InChI is InChI=1S/C19H27N3O2/c1-2-20-13-14-9-11-22(12-10-14)19(24)16-5-7-17(8-6-16)21-18(23)15-3-4-15/h5-8,14-15,20H,2-4,9-13H2,1H3,(H,21,23). The van der Waals surface area contributed by atoms with Gasteiger partial charge in [0.2, 0.25) is 5.91 Å². The summed E-state index contributed by atoms with van der Waals surface area (Å²) in [5.74, 6) is 1.05. The van der Waals surface area contributed by atoms with Crippen LogP contribution in [0.5, 0.6) is 0 Å². The summed E-state index contributed by atoms with van der Waals surface area (Å²) < 4.78 is 0. The van der Waals surface area contributed by atoms with E-state index in [1.54, 1.807) is 0 Å². The van der Waals surface area contributed by atoms with E-state index in [1.807, 2.05) is 29.2 Å². The van der Waals surface area contributed by atoms with E-state index in [2.05, 4.69) is 17.6 Å². The van der Waals surface area contributed by atoms with E-state index in [0.717, 1.165) is 57.5 Å². The number of hydrogen-bond acceptors (Lipinski definition) is 3. The zero-order valence-corrected chi connectivity index (χ0v) is 14.4. The lowest BCUT2D eigenvalue weighted by atomic mass is 9.96. The van der Waals surface area contributed by atoms with Crippen LogP contribution in [0.4, 0.5) is 5.69 Å². The van der Waals surface area contributed by atoms with E-state index in [9.17, 15) is 9.59 Å². The van der Waals surface area contributed by atoms with Gasteiger partial charge in [-0.1, -0.05) is 6.92 Å². The van der Waals surface area contributed by atoms with Crippen LogP contribution in [0.15, 0.2) is 24.3 Å². The van der Waals surface area contributed by atoms with Gasteiger partial charge in [-0.2, -0.15) is 0 Å². The van der Waals surface area contributed by atoms with E-state index in [-0.39, 0.29) is 17.7 Å². The highest BCUT2D eigenvalue weighted by Crippen LogP contribution is 2.30. The number of carbonyl (C=O) groups excluding carboxylic acids is 2. The lowest BCUT2D eigenvalue weighted by Crippen LogP contribution is -2.40. The van der Waals surface area contributed by atoms with E-state index < -0.39 is 0 Å². The normalized spacial score (nSPS) is 18.5. The molecule has 1 aromatic carbocycles. The zero-order chi connectivity index (χ0) is 16.9. The summed E-state index contributed by atoms with van der Waals surface area (Å²) in [6.45, 7) is 5.83. The third-order valence-corrected chi connectivity index (χ3v) is 4.93. The van der Waals surface area contributed by atoms with Crippen molar-refractivity contribution in [2.24, 2.45) is 11.8 Å². The molecule has 2 N–H and O–H groups in total. The molecule has 0 radical (unpaired) electrons. The molecule has 130 valence electrons. The molecule has 24 heavy (non-hydrogen) atoms. The molecule has 0 unspecified atom stereocenters. The Morgan fingerprint density at radius 1 is 1.08 bits per heavy atom. The molecule has 0 atom stereocenters. The molecule has 0 spiro atoms. The number of anilines is 1. The molecule has 1 aliphatic heterocycles. The molecule has 1 heterocycles. The van der Waals surface area contributed by atoms with Crippen LogP contribution in [0.2, 0.25) is 0 Å². The molecule has 0 aromatic heterocycles. The number of likely N-dealkylation sites (tertiary alicyclic amines) is 1. The van der Waals surface area contributed by atoms with Crippen molar-refractivity contribution in [3.8, 4) is 0 Å². The molecule has 5 nitrogen and oxygen atoms in total. The first-order chi connectivity index (χ1) is 11.7. The number of piperidine rings is 1. The summed E-state index contributed by atoms with van der Waals surface area (Å²) in [7, 11) is 0. The number of benzene rings is 1. The van der Waals surface area contributed by atoms with Crippen LogP contribution in [0.25, 0.3) is 0 Å². The van der Waals surface area contributed by atoms with Gasteiger partial charge in [0.05, 0.1) is 0 Å². The lowest BCUT2D eigenvalue weighted by Gasteiger charge is -2.32. The van der Waals surface area contributed by atoms with Crippen LogP contribution in [-0.2, 0) is 4.79 Å². The maximum atomic E-state index is 12.6. The largest absolute Gasteiger partial charge is 0.339 e. The molecule has 3 rings (SSSR count). The molecule has 2 fully saturated rings.